The molecule has 5 nitrogen and oxygen atoms in total. The van der Waals surface area contributed by atoms with E-state index in [1.54, 1.807) is 0 Å². The third kappa shape index (κ3) is 3.81. The number of carbonyl (C=O) groups is 2. The summed E-state index contributed by atoms with van der Waals surface area (Å²) in [5.74, 6) is -2.10. The summed E-state index contributed by atoms with van der Waals surface area (Å²) >= 11 is 0. The van der Waals surface area contributed by atoms with Crippen LogP contribution >= 0.6 is 0 Å². The number of halogens is 5. The Morgan fingerprint density at radius 2 is 1.83 bits per heavy atom. The second-order valence-electron chi connectivity index (χ2n) is 4.69. The van der Waals surface area contributed by atoms with Crippen LogP contribution in [-0.4, -0.2) is 31.5 Å². The lowest BCUT2D eigenvalue weighted by Gasteiger charge is -2.30. The van der Waals surface area contributed by atoms with Crippen molar-refractivity contribution in [3.8, 4) is 0 Å². The SMILES string of the molecule is O=C1NC(C(F)(F)F)=C(C(=O)OCCF)C(c2ccc(F)cc2)N1. The van der Waals surface area contributed by atoms with Gasteiger partial charge in [-0.1, -0.05) is 12.1 Å². The van der Waals surface area contributed by atoms with Crippen molar-refractivity contribution in [3.63, 3.8) is 0 Å². The predicted octanol–water partition coefficient (Wildman–Crippen LogP) is 2.51. The Labute approximate surface area is 132 Å². The molecular formula is C14H11F5N2O3. The highest BCUT2D eigenvalue weighted by Gasteiger charge is 2.45. The largest absolute Gasteiger partial charge is 0.459 e. The summed E-state index contributed by atoms with van der Waals surface area (Å²) in [6.45, 7) is -1.82. The van der Waals surface area contributed by atoms with Crippen LogP contribution in [0.25, 0.3) is 0 Å². The minimum Gasteiger partial charge on any atom is -0.459 e. The number of hydrogen-bond donors (Lipinski definition) is 2. The van der Waals surface area contributed by atoms with Gasteiger partial charge in [-0.3, -0.25) is 0 Å². The Bertz CT molecular complexity index is 670. The molecule has 1 heterocycles. The van der Waals surface area contributed by atoms with E-state index in [0.717, 1.165) is 24.3 Å². The van der Waals surface area contributed by atoms with Crippen molar-refractivity contribution in [1.82, 2.24) is 10.6 Å². The molecule has 0 spiro atoms. The molecule has 2 N–H and O–H groups in total. The first-order valence-electron chi connectivity index (χ1n) is 6.61. The van der Waals surface area contributed by atoms with E-state index in [-0.39, 0.29) is 5.56 Å². The number of ether oxygens (including phenoxy) is 1. The Morgan fingerprint density at radius 1 is 1.21 bits per heavy atom. The van der Waals surface area contributed by atoms with E-state index in [9.17, 15) is 31.5 Å². The summed E-state index contributed by atoms with van der Waals surface area (Å²) < 4.78 is 69.0. The molecule has 0 radical (unpaired) electrons. The summed E-state index contributed by atoms with van der Waals surface area (Å²) in [4.78, 5) is 23.5. The topological polar surface area (TPSA) is 67.4 Å². The minimum absolute atomic E-state index is 0.0280. The zero-order chi connectivity index (χ0) is 17.9. The molecule has 1 atom stereocenters. The van der Waals surface area contributed by atoms with E-state index >= 15 is 0 Å². The van der Waals surface area contributed by atoms with E-state index < -0.39 is 54.6 Å². The quantitative estimate of drug-likeness (QED) is 0.648. The van der Waals surface area contributed by atoms with Crippen molar-refractivity contribution in [3.05, 3.63) is 46.9 Å². The third-order valence-electron chi connectivity index (χ3n) is 3.09. The standard InChI is InChI=1S/C14H11F5N2O3/c15-5-6-24-12(22)9-10(7-1-3-8(16)4-2-7)20-13(23)21-11(9)14(17,18)19/h1-4,10H,5-6H2,(H2,20,21,23). The number of alkyl halides is 4. The number of nitrogens with one attached hydrogen (secondary N) is 2. The zero-order valence-electron chi connectivity index (χ0n) is 11.9. The third-order valence-corrected chi connectivity index (χ3v) is 3.09. The monoisotopic (exact) mass is 350 g/mol. The lowest BCUT2D eigenvalue weighted by molar-refractivity contribution is -0.141. The van der Waals surface area contributed by atoms with Crippen molar-refractivity contribution in [2.24, 2.45) is 0 Å². The molecule has 10 heteroatoms. The maximum absolute atomic E-state index is 13.2. The Balaban J connectivity index is 2.54. The predicted molar refractivity (Wildman–Crippen MR) is 70.8 cm³/mol. The van der Waals surface area contributed by atoms with Crippen LogP contribution in [0.5, 0.6) is 0 Å². The number of rotatable bonds is 4. The molecule has 24 heavy (non-hydrogen) atoms. The highest BCUT2D eigenvalue weighted by molar-refractivity contribution is 5.95. The fourth-order valence-corrected chi connectivity index (χ4v) is 2.12. The second kappa shape index (κ2) is 6.85. The van der Waals surface area contributed by atoms with Crippen molar-refractivity contribution >= 4 is 12.0 Å². The van der Waals surface area contributed by atoms with E-state index in [0.29, 0.717) is 0 Å². The van der Waals surface area contributed by atoms with Crippen LogP contribution in [0.4, 0.5) is 26.7 Å². The number of carbonyl (C=O) groups excluding carboxylic acids is 2. The van der Waals surface area contributed by atoms with Crippen LogP contribution in [0.15, 0.2) is 35.5 Å². The maximum atomic E-state index is 13.2. The van der Waals surface area contributed by atoms with Crippen LogP contribution in [0, 0.1) is 5.82 Å². The first-order chi connectivity index (χ1) is 11.2. The second-order valence-corrected chi connectivity index (χ2v) is 4.69. The molecular weight excluding hydrogens is 339 g/mol. The van der Waals surface area contributed by atoms with E-state index in [1.165, 1.54) is 5.32 Å². The molecule has 2 amide bonds. The Hall–Kier alpha value is -2.65. The fraction of sp³-hybridized carbons (Fsp3) is 0.286. The molecule has 1 aromatic rings. The Morgan fingerprint density at radius 3 is 2.38 bits per heavy atom. The van der Waals surface area contributed by atoms with Gasteiger partial charge in [-0.25, -0.2) is 18.4 Å². The van der Waals surface area contributed by atoms with Gasteiger partial charge in [0, 0.05) is 0 Å². The molecule has 130 valence electrons. The molecule has 0 fully saturated rings. The summed E-state index contributed by atoms with van der Waals surface area (Å²) in [6, 6.07) is 1.42. The van der Waals surface area contributed by atoms with Gasteiger partial charge in [-0.05, 0) is 17.7 Å². The molecule has 0 aromatic heterocycles. The number of urea groups is 1. The summed E-state index contributed by atoms with van der Waals surface area (Å²) in [7, 11) is 0. The molecule has 0 saturated heterocycles. The van der Waals surface area contributed by atoms with Gasteiger partial charge in [0.15, 0.2) is 0 Å². The van der Waals surface area contributed by atoms with E-state index in [2.05, 4.69) is 10.1 Å². The highest BCUT2D eigenvalue weighted by atomic mass is 19.4. The molecule has 0 bridgehead atoms. The fourth-order valence-electron chi connectivity index (χ4n) is 2.12. The lowest BCUT2D eigenvalue weighted by atomic mass is 9.95. The molecule has 1 aliphatic heterocycles. The molecule has 0 saturated carbocycles. The van der Waals surface area contributed by atoms with E-state index in [1.807, 2.05) is 0 Å². The summed E-state index contributed by atoms with van der Waals surface area (Å²) in [5.41, 5.74) is -2.52. The molecule has 1 unspecified atom stereocenters. The van der Waals surface area contributed by atoms with Crippen molar-refractivity contribution in [1.29, 1.82) is 0 Å². The van der Waals surface area contributed by atoms with Crippen LogP contribution in [0.2, 0.25) is 0 Å². The van der Waals surface area contributed by atoms with Gasteiger partial charge in [0.05, 0.1) is 11.6 Å². The Kier molecular flexibility index (Phi) is 5.05. The molecule has 1 aromatic carbocycles. The zero-order valence-corrected chi connectivity index (χ0v) is 11.9. The van der Waals surface area contributed by atoms with Crippen LogP contribution < -0.4 is 10.6 Å². The number of hydrogen-bond acceptors (Lipinski definition) is 3. The molecule has 2 rings (SSSR count). The summed E-state index contributed by atoms with van der Waals surface area (Å²) in [5, 5.41) is 3.65. The molecule has 0 aliphatic carbocycles. The average molecular weight is 350 g/mol. The van der Waals surface area contributed by atoms with Gasteiger partial charge < -0.3 is 15.4 Å². The van der Waals surface area contributed by atoms with Gasteiger partial charge in [0.25, 0.3) is 0 Å². The lowest BCUT2D eigenvalue weighted by Crippen LogP contribution is -2.49. The van der Waals surface area contributed by atoms with Gasteiger partial charge in [-0.15, -0.1) is 0 Å². The molecule has 1 aliphatic rings. The van der Waals surface area contributed by atoms with Crippen molar-refractivity contribution in [2.75, 3.05) is 13.3 Å². The normalized spacial score (nSPS) is 18.0. The van der Waals surface area contributed by atoms with Gasteiger partial charge in [0.2, 0.25) is 0 Å². The highest BCUT2D eigenvalue weighted by Crippen LogP contribution is 2.35. The van der Waals surface area contributed by atoms with Gasteiger partial charge in [0.1, 0.15) is 24.8 Å². The average Bonchev–Trinajstić information content (AvgIpc) is 2.51. The first-order valence-corrected chi connectivity index (χ1v) is 6.61. The number of esters is 1. The maximum Gasteiger partial charge on any atom is 0.432 e. The van der Waals surface area contributed by atoms with Gasteiger partial charge >= 0.3 is 18.2 Å². The van der Waals surface area contributed by atoms with Gasteiger partial charge in [-0.2, -0.15) is 13.2 Å². The van der Waals surface area contributed by atoms with Crippen LogP contribution in [-0.2, 0) is 9.53 Å². The minimum atomic E-state index is -5.06. The summed E-state index contributed by atoms with van der Waals surface area (Å²) in [6.07, 6.45) is -5.06. The number of amides is 2. The smallest absolute Gasteiger partial charge is 0.432 e. The number of allylic oxidation sites excluding steroid dienone is 1. The van der Waals surface area contributed by atoms with Crippen LogP contribution in [0.1, 0.15) is 11.6 Å². The number of benzene rings is 1. The van der Waals surface area contributed by atoms with Crippen molar-refractivity contribution in [2.45, 2.75) is 12.2 Å². The van der Waals surface area contributed by atoms with E-state index in [4.69, 9.17) is 0 Å². The first kappa shape index (κ1) is 17.7. The van der Waals surface area contributed by atoms with Crippen molar-refractivity contribution < 1.29 is 36.3 Å². The van der Waals surface area contributed by atoms with Crippen LogP contribution in [0.3, 0.4) is 0 Å².